The predicted octanol–water partition coefficient (Wildman–Crippen LogP) is 1.86. The fraction of sp³-hybridized carbons (Fsp3) is 0.300. The van der Waals surface area contributed by atoms with Crippen LogP contribution in [-0.4, -0.2) is 16.3 Å². The summed E-state index contributed by atoms with van der Waals surface area (Å²) < 4.78 is 1.93. The molecule has 0 saturated carbocycles. The molecule has 1 aromatic carbocycles. The molecule has 1 aliphatic heterocycles. The molecule has 70 valence electrons. The SMILES string of the molecule is CC1C=S(c2ccccc2)N(N)C1. The highest BCUT2D eigenvalue weighted by molar-refractivity contribution is 8.13. The van der Waals surface area contributed by atoms with Gasteiger partial charge in [-0.3, -0.25) is 5.84 Å². The molecule has 0 fully saturated rings. The second-order valence-corrected chi connectivity index (χ2v) is 5.18. The minimum atomic E-state index is 0.0206. The Hall–Kier alpha value is -0.640. The van der Waals surface area contributed by atoms with Crippen molar-refractivity contribution in [1.82, 2.24) is 4.41 Å². The van der Waals surface area contributed by atoms with Crippen molar-refractivity contribution in [2.24, 2.45) is 11.8 Å². The van der Waals surface area contributed by atoms with E-state index in [2.05, 4.69) is 36.6 Å². The van der Waals surface area contributed by atoms with Gasteiger partial charge in [0.05, 0.1) is 0 Å². The molecule has 1 heterocycles. The van der Waals surface area contributed by atoms with Crippen LogP contribution in [0.3, 0.4) is 0 Å². The van der Waals surface area contributed by atoms with Gasteiger partial charge in [-0.15, -0.1) is 0 Å². The van der Waals surface area contributed by atoms with E-state index in [0.29, 0.717) is 5.92 Å². The van der Waals surface area contributed by atoms with E-state index in [9.17, 15) is 0 Å². The molecule has 1 aromatic rings. The first-order valence-electron chi connectivity index (χ1n) is 4.43. The molecule has 3 heteroatoms. The van der Waals surface area contributed by atoms with E-state index in [1.807, 2.05) is 10.5 Å². The molecular formula is C10H14N2S. The molecule has 0 aromatic heterocycles. The van der Waals surface area contributed by atoms with Crippen molar-refractivity contribution in [3.8, 4) is 0 Å². The number of hydrogen-bond donors (Lipinski definition) is 1. The van der Waals surface area contributed by atoms with Gasteiger partial charge in [0.25, 0.3) is 0 Å². The van der Waals surface area contributed by atoms with Gasteiger partial charge in [0.15, 0.2) is 0 Å². The Labute approximate surface area is 81.4 Å². The van der Waals surface area contributed by atoms with Crippen LogP contribution in [0.1, 0.15) is 6.92 Å². The van der Waals surface area contributed by atoms with E-state index in [4.69, 9.17) is 5.84 Å². The van der Waals surface area contributed by atoms with Crippen LogP contribution in [-0.2, 0) is 0 Å². The first-order valence-corrected chi connectivity index (χ1v) is 5.67. The Morgan fingerprint density at radius 3 is 2.62 bits per heavy atom. The van der Waals surface area contributed by atoms with Crippen LogP contribution in [0.25, 0.3) is 0 Å². The van der Waals surface area contributed by atoms with Crippen LogP contribution in [0.2, 0.25) is 0 Å². The van der Waals surface area contributed by atoms with Crippen molar-refractivity contribution in [2.45, 2.75) is 11.8 Å². The Balaban J connectivity index is 2.32. The van der Waals surface area contributed by atoms with Crippen molar-refractivity contribution >= 4 is 16.0 Å². The third-order valence-electron chi connectivity index (χ3n) is 2.07. The molecule has 2 nitrogen and oxygen atoms in total. The lowest BCUT2D eigenvalue weighted by molar-refractivity contribution is 0.473. The fourth-order valence-corrected chi connectivity index (χ4v) is 3.42. The monoisotopic (exact) mass is 194 g/mol. The van der Waals surface area contributed by atoms with Gasteiger partial charge in [-0.1, -0.05) is 35.8 Å². The van der Waals surface area contributed by atoms with Crippen LogP contribution in [0.5, 0.6) is 0 Å². The first kappa shape index (κ1) is 8.94. The molecule has 0 aliphatic carbocycles. The summed E-state index contributed by atoms with van der Waals surface area (Å²) in [5, 5.41) is 2.33. The fourth-order valence-electron chi connectivity index (χ4n) is 1.48. The van der Waals surface area contributed by atoms with Crippen molar-refractivity contribution in [3.05, 3.63) is 30.3 Å². The normalized spacial score (nSPS) is 28.8. The zero-order chi connectivity index (χ0) is 9.26. The Bertz CT molecular complexity index is 321. The second kappa shape index (κ2) is 3.62. The first-order chi connectivity index (χ1) is 6.27. The van der Waals surface area contributed by atoms with Crippen LogP contribution in [0.15, 0.2) is 35.2 Å². The highest BCUT2D eigenvalue weighted by Gasteiger charge is 2.17. The summed E-state index contributed by atoms with van der Waals surface area (Å²) in [4.78, 5) is 1.31. The molecule has 2 atom stereocenters. The largest absolute Gasteiger partial charge is 0.259 e. The molecule has 0 radical (unpaired) electrons. The lowest BCUT2D eigenvalue weighted by Gasteiger charge is -2.14. The summed E-state index contributed by atoms with van der Waals surface area (Å²) >= 11 is 0. The maximum Gasteiger partial charge on any atom is 0.0306 e. The maximum atomic E-state index is 5.92. The minimum absolute atomic E-state index is 0.0206. The summed E-state index contributed by atoms with van der Waals surface area (Å²) in [6.07, 6.45) is 0. The zero-order valence-electron chi connectivity index (χ0n) is 7.68. The number of nitrogens with two attached hydrogens (primary N) is 1. The summed E-state index contributed by atoms with van der Waals surface area (Å²) in [5.41, 5.74) is 0. The van der Waals surface area contributed by atoms with Gasteiger partial charge in [-0.2, -0.15) is 4.41 Å². The molecule has 1 aliphatic rings. The van der Waals surface area contributed by atoms with Gasteiger partial charge < -0.3 is 0 Å². The molecular weight excluding hydrogens is 180 g/mol. The van der Waals surface area contributed by atoms with E-state index >= 15 is 0 Å². The van der Waals surface area contributed by atoms with Crippen molar-refractivity contribution in [1.29, 1.82) is 0 Å². The Morgan fingerprint density at radius 1 is 1.38 bits per heavy atom. The maximum absolute atomic E-state index is 5.92. The van der Waals surface area contributed by atoms with Crippen molar-refractivity contribution < 1.29 is 0 Å². The molecule has 0 spiro atoms. The molecule has 13 heavy (non-hydrogen) atoms. The second-order valence-electron chi connectivity index (χ2n) is 3.34. The summed E-state index contributed by atoms with van der Waals surface area (Å²) in [5.74, 6) is 6.52. The molecule has 0 bridgehead atoms. The highest BCUT2D eigenvalue weighted by atomic mass is 32.2. The van der Waals surface area contributed by atoms with Gasteiger partial charge in [0.2, 0.25) is 0 Å². The number of hydrogen-bond acceptors (Lipinski definition) is 2. The number of hydrazine groups is 1. The summed E-state index contributed by atoms with van der Waals surface area (Å²) in [6, 6.07) is 10.4. The van der Waals surface area contributed by atoms with E-state index < -0.39 is 0 Å². The lowest BCUT2D eigenvalue weighted by Crippen LogP contribution is -2.24. The van der Waals surface area contributed by atoms with Gasteiger partial charge in [0.1, 0.15) is 0 Å². The Kier molecular flexibility index (Phi) is 2.49. The molecule has 0 saturated heterocycles. The van der Waals surface area contributed by atoms with Crippen LogP contribution >= 0.6 is 10.7 Å². The number of benzene rings is 1. The van der Waals surface area contributed by atoms with E-state index in [1.165, 1.54) is 4.90 Å². The summed E-state index contributed by atoms with van der Waals surface area (Å²) in [6.45, 7) is 3.17. The molecule has 2 unspecified atom stereocenters. The average Bonchev–Trinajstić information content (AvgIpc) is 2.47. The predicted molar refractivity (Wildman–Crippen MR) is 58.4 cm³/mol. The number of nitrogens with zero attached hydrogens (tertiary/aromatic N) is 1. The van der Waals surface area contributed by atoms with Crippen molar-refractivity contribution in [2.75, 3.05) is 6.54 Å². The third-order valence-corrected chi connectivity index (χ3v) is 4.20. The van der Waals surface area contributed by atoms with Crippen molar-refractivity contribution in [3.63, 3.8) is 0 Å². The molecule has 2 N–H and O–H groups in total. The minimum Gasteiger partial charge on any atom is -0.259 e. The third kappa shape index (κ3) is 1.82. The van der Waals surface area contributed by atoms with Crippen LogP contribution < -0.4 is 5.84 Å². The topological polar surface area (TPSA) is 29.3 Å². The van der Waals surface area contributed by atoms with E-state index in [1.54, 1.807) is 0 Å². The van der Waals surface area contributed by atoms with Gasteiger partial charge in [-0.05, 0) is 23.4 Å². The van der Waals surface area contributed by atoms with E-state index in [0.717, 1.165) is 6.54 Å². The van der Waals surface area contributed by atoms with Crippen LogP contribution in [0, 0.1) is 5.92 Å². The van der Waals surface area contributed by atoms with Crippen LogP contribution in [0.4, 0.5) is 0 Å². The quantitative estimate of drug-likeness (QED) is 0.546. The number of rotatable bonds is 1. The van der Waals surface area contributed by atoms with Gasteiger partial charge >= 0.3 is 0 Å². The summed E-state index contributed by atoms with van der Waals surface area (Å²) in [7, 11) is 0.0206. The molecule has 0 amide bonds. The Morgan fingerprint density at radius 2 is 2.08 bits per heavy atom. The average molecular weight is 194 g/mol. The van der Waals surface area contributed by atoms with E-state index in [-0.39, 0.29) is 10.7 Å². The highest BCUT2D eigenvalue weighted by Crippen LogP contribution is 2.33. The smallest absolute Gasteiger partial charge is 0.0306 e. The van der Waals surface area contributed by atoms with Gasteiger partial charge in [-0.25, -0.2) is 0 Å². The van der Waals surface area contributed by atoms with Gasteiger partial charge in [0, 0.05) is 11.4 Å². The molecule has 2 rings (SSSR count). The lowest BCUT2D eigenvalue weighted by atomic mass is 10.2. The standard InChI is InChI=1S/C10H14N2S/c1-9-7-12(11)13(8-9)10-5-3-2-4-6-10/h2-6,8-9H,7,11H2,1H3. The zero-order valence-corrected chi connectivity index (χ0v) is 8.50.